The maximum Gasteiger partial charge on any atom is 0.417 e. The Labute approximate surface area is 133 Å². The van der Waals surface area contributed by atoms with Gasteiger partial charge in [-0.25, -0.2) is 4.98 Å². The van der Waals surface area contributed by atoms with E-state index in [-0.39, 0.29) is 12.3 Å². The number of benzene rings is 1. The van der Waals surface area contributed by atoms with Crippen molar-refractivity contribution in [3.8, 4) is 5.75 Å². The van der Waals surface area contributed by atoms with Crippen molar-refractivity contribution in [1.29, 1.82) is 0 Å². The van der Waals surface area contributed by atoms with Crippen LogP contribution in [0.1, 0.15) is 5.56 Å². The van der Waals surface area contributed by atoms with Crippen molar-refractivity contribution in [3.05, 3.63) is 58.3 Å². The van der Waals surface area contributed by atoms with Gasteiger partial charge in [0, 0.05) is 18.0 Å². The van der Waals surface area contributed by atoms with Crippen LogP contribution in [0.4, 0.5) is 18.9 Å². The summed E-state index contributed by atoms with van der Waals surface area (Å²) >= 11 is 1.23. The lowest BCUT2D eigenvalue weighted by atomic mass is 10.3. The van der Waals surface area contributed by atoms with Crippen LogP contribution in [0, 0.1) is 10.1 Å². The van der Waals surface area contributed by atoms with Gasteiger partial charge in [0.25, 0.3) is 5.69 Å². The van der Waals surface area contributed by atoms with E-state index in [1.165, 1.54) is 36.0 Å². The summed E-state index contributed by atoms with van der Waals surface area (Å²) in [5, 5.41) is 11.1. The second kappa shape index (κ2) is 7.32. The molecule has 0 bridgehead atoms. The van der Waals surface area contributed by atoms with Gasteiger partial charge in [0.1, 0.15) is 5.75 Å². The summed E-state index contributed by atoms with van der Waals surface area (Å²) in [6, 6.07) is 8.03. The number of alkyl halides is 3. The number of hydrogen-bond acceptors (Lipinski definition) is 5. The van der Waals surface area contributed by atoms with E-state index in [9.17, 15) is 23.3 Å². The van der Waals surface area contributed by atoms with Crippen LogP contribution < -0.4 is 4.74 Å². The van der Waals surface area contributed by atoms with Crippen LogP contribution >= 0.6 is 11.8 Å². The van der Waals surface area contributed by atoms with Crippen LogP contribution in [-0.4, -0.2) is 22.3 Å². The molecule has 0 aliphatic rings. The van der Waals surface area contributed by atoms with E-state index in [0.29, 0.717) is 16.5 Å². The van der Waals surface area contributed by atoms with Gasteiger partial charge in [0.05, 0.1) is 28.2 Å². The summed E-state index contributed by atoms with van der Waals surface area (Å²) < 4.78 is 42.5. The molecule has 0 saturated heterocycles. The zero-order valence-electron chi connectivity index (χ0n) is 11.6. The normalized spacial score (nSPS) is 11.3. The Morgan fingerprint density at radius 3 is 2.65 bits per heavy atom. The lowest BCUT2D eigenvalue weighted by Crippen LogP contribution is -2.05. The van der Waals surface area contributed by atoms with Crippen molar-refractivity contribution in [1.82, 2.24) is 4.98 Å². The number of nitrogens with zero attached hydrogens (tertiary/aromatic N) is 2. The topological polar surface area (TPSA) is 65.3 Å². The summed E-state index contributed by atoms with van der Waals surface area (Å²) in [7, 11) is 0. The molecule has 0 amide bonds. The fourth-order valence-corrected chi connectivity index (χ4v) is 2.29. The molecule has 2 aromatic rings. The standard InChI is InChI=1S/C14H11F3N2O3S/c15-14(16,17)10-4-5-13(18-9-10)23-7-6-22-12-3-1-2-11(8-12)19(20)21/h1-5,8-9H,6-7H2. The third-order valence-corrected chi connectivity index (χ3v) is 3.60. The van der Waals surface area contributed by atoms with Crippen LogP contribution in [-0.2, 0) is 6.18 Å². The molecule has 1 heterocycles. The number of rotatable bonds is 6. The Bertz CT molecular complexity index is 678. The molecule has 2 rings (SSSR count). The highest BCUT2D eigenvalue weighted by Gasteiger charge is 2.30. The van der Waals surface area contributed by atoms with Crippen LogP contribution in [0.15, 0.2) is 47.6 Å². The molecular weight excluding hydrogens is 333 g/mol. The predicted octanol–water partition coefficient (Wildman–Crippen LogP) is 4.18. The summed E-state index contributed by atoms with van der Waals surface area (Å²) in [4.78, 5) is 13.8. The van der Waals surface area contributed by atoms with Gasteiger partial charge in [0.15, 0.2) is 0 Å². The van der Waals surface area contributed by atoms with E-state index < -0.39 is 16.7 Å². The smallest absolute Gasteiger partial charge is 0.417 e. The Morgan fingerprint density at radius 1 is 1.26 bits per heavy atom. The summed E-state index contributed by atoms with van der Waals surface area (Å²) in [6.45, 7) is 0.245. The molecule has 0 unspecified atom stereocenters. The van der Waals surface area contributed by atoms with Gasteiger partial charge in [-0.2, -0.15) is 13.2 Å². The van der Waals surface area contributed by atoms with Crippen molar-refractivity contribution >= 4 is 17.4 Å². The van der Waals surface area contributed by atoms with E-state index >= 15 is 0 Å². The summed E-state index contributed by atoms with van der Waals surface area (Å²) in [6.07, 6.45) is -3.62. The quantitative estimate of drug-likeness (QED) is 0.340. The van der Waals surface area contributed by atoms with E-state index in [2.05, 4.69) is 4.98 Å². The molecule has 9 heteroatoms. The third-order valence-electron chi connectivity index (χ3n) is 2.69. The zero-order valence-corrected chi connectivity index (χ0v) is 12.4. The SMILES string of the molecule is O=[N+]([O-])c1cccc(OCCSc2ccc(C(F)(F)F)cn2)c1. The minimum atomic E-state index is -4.40. The number of nitro groups is 1. The first-order chi connectivity index (χ1) is 10.9. The summed E-state index contributed by atoms with van der Waals surface area (Å²) in [5.41, 5.74) is -0.866. The van der Waals surface area contributed by atoms with E-state index in [0.717, 1.165) is 12.3 Å². The van der Waals surface area contributed by atoms with Crippen LogP contribution in [0.3, 0.4) is 0 Å². The Morgan fingerprint density at radius 2 is 2.04 bits per heavy atom. The number of nitro benzene ring substituents is 1. The minimum absolute atomic E-state index is 0.0699. The first-order valence-electron chi connectivity index (χ1n) is 6.39. The van der Waals surface area contributed by atoms with Gasteiger partial charge in [-0.15, -0.1) is 11.8 Å². The average Bonchev–Trinajstić information content (AvgIpc) is 2.51. The molecule has 1 aromatic carbocycles. The second-order valence-electron chi connectivity index (χ2n) is 4.33. The number of non-ortho nitro benzene ring substituents is 1. The largest absolute Gasteiger partial charge is 0.492 e. The number of aromatic nitrogens is 1. The molecule has 0 saturated carbocycles. The zero-order chi connectivity index (χ0) is 16.9. The third kappa shape index (κ3) is 5.13. The monoisotopic (exact) mass is 344 g/mol. The average molecular weight is 344 g/mol. The van der Waals surface area contributed by atoms with Crippen molar-refractivity contribution in [3.63, 3.8) is 0 Å². The van der Waals surface area contributed by atoms with Crippen molar-refractivity contribution in [2.75, 3.05) is 12.4 Å². The molecule has 0 aliphatic heterocycles. The highest BCUT2D eigenvalue weighted by molar-refractivity contribution is 7.99. The molecule has 1 aromatic heterocycles. The summed E-state index contributed by atoms with van der Waals surface area (Å²) in [5.74, 6) is 0.807. The number of thioether (sulfide) groups is 1. The van der Waals surface area contributed by atoms with Gasteiger partial charge in [-0.05, 0) is 18.2 Å². The maximum absolute atomic E-state index is 12.4. The fraction of sp³-hybridized carbons (Fsp3) is 0.214. The first-order valence-corrected chi connectivity index (χ1v) is 7.38. The molecule has 122 valence electrons. The van der Waals surface area contributed by atoms with Gasteiger partial charge in [-0.3, -0.25) is 10.1 Å². The molecule has 5 nitrogen and oxygen atoms in total. The van der Waals surface area contributed by atoms with Crippen LogP contribution in [0.2, 0.25) is 0 Å². The minimum Gasteiger partial charge on any atom is -0.492 e. The molecule has 0 N–H and O–H groups in total. The molecule has 0 aliphatic carbocycles. The van der Waals surface area contributed by atoms with Gasteiger partial charge in [-0.1, -0.05) is 6.07 Å². The van der Waals surface area contributed by atoms with Gasteiger partial charge >= 0.3 is 6.18 Å². The van der Waals surface area contributed by atoms with Crippen LogP contribution in [0.25, 0.3) is 0 Å². The molecule has 0 radical (unpaired) electrons. The predicted molar refractivity (Wildman–Crippen MR) is 78.6 cm³/mol. The highest BCUT2D eigenvalue weighted by Crippen LogP contribution is 2.29. The Hall–Kier alpha value is -2.29. The van der Waals surface area contributed by atoms with Gasteiger partial charge in [0.2, 0.25) is 0 Å². The van der Waals surface area contributed by atoms with Gasteiger partial charge < -0.3 is 4.74 Å². The number of halogens is 3. The second-order valence-corrected chi connectivity index (χ2v) is 5.45. The molecule has 23 heavy (non-hydrogen) atoms. The lowest BCUT2D eigenvalue weighted by molar-refractivity contribution is -0.384. The van der Waals surface area contributed by atoms with Crippen molar-refractivity contribution in [2.45, 2.75) is 11.2 Å². The maximum atomic E-state index is 12.4. The fourth-order valence-electron chi connectivity index (χ4n) is 1.63. The number of pyridine rings is 1. The molecular formula is C14H11F3N2O3S. The molecule has 0 spiro atoms. The van der Waals surface area contributed by atoms with Crippen molar-refractivity contribution < 1.29 is 22.8 Å². The molecule has 0 atom stereocenters. The Balaban J connectivity index is 1.81. The van der Waals surface area contributed by atoms with E-state index in [1.807, 2.05) is 0 Å². The number of hydrogen-bond donors (Lipinski definition) is 0. The number of ether oxygens (including phenoxy) is 1. The lowest BCUT2D eigenvalue weighted by Gasteiger charge is -2.07. The first kappa shape index (κ1) is 17.1. The Kier molecular flexibility index (Phi) is 5.43. The highest BCUT2D eigenvalue weighted by atomic mass is 32.2. The molecule has 0 fully saturated rings. The van der Waals surface area contributed by atoms with E-state index in [1.54, 1.807) is 6.07 Å². The van der Waals surface area contributed by atoms with Crippen molar-refractivity contribution in [2.24, 2.45) is 0 Å². The van der Waals surface area contributed by atoms with Crippen LogP contribution in [0.5, 0.6) is 5.75 Å². The van der Waals surface area contributed by atoms with E-state index in [4.69, 9.17) is 4.74 Å².